The molecule has 1 heterocycles. The fourth-order valence-electron chi connectivity index (χ4n) is 2.49. The van der Waals surface area contributed by atoms with Gasteiger partial charge in [0, 0.05) is 17.3 Å². The van der Waals surface area contributed by atoms with Gasteiger partial charge in [-0.2, -0.15) is 0 Å². The number of carbonyl (C=O) groups excluding carboxylic acids is 2. The van der Waals surface area contributed by atoms with Gasteiger partial charge in [0.2, 0.25) is 5.91 Å². The van der Waals surface area contributed by atoms with E-state index in [9.17, 15) is 9.59 Å². The SMILES string of the molecule is COc1ccc(/C=C/C(=O)Nc2cccc(C(=O)NCc3ccco3)c2)cc1. The second kappa shape index (κ2) is 9.23. The summed E-state index contributed by atoms with van der Waals surface area (Å²) in [7, 11) is 1.60. The van der Waals surface area contributed by atoms with E-state index in [1.165, 1.54) is 6.08 Å². The molecule has 2 amide bonds. The summed E-state index contributed by atoms with van der Waals surface area (Å²) in [5.41, 5.74) is 1.86. The highest BCUT2D eigenvalue weighted by atomic mass is 16.5. The number of hydrogen-bond donors (Lipinski definition) is 2. The van der Waals surface area contributed by atoms with Crippen molar-refractivity contribution in [1.29, 1.82) is 0 Å². The number of ether oxygens (including phenoxy) is 1. The molecule has 0 fully saturated rings. The fraction of sp³-hybridized carbons (Fsp3) is 0.0909. The average Bonchev–Trinajstić information content (AvgIpc) is 3.25. The van der Waals surface area contributed by atoms with Crippen molar-refractivity contribution in [2.75, 3.05) is 12.4 Å². The van der Waals surface area contributed by atoms with E-state index >= 15 is 0 Å². The van der Waals surface area contributed by atoms with Crippen LogP contribution in [0.4, 0.5) is 5.69 Å². The summed E-state index contributed by atoms with van der Waals surface area (Å²) in [6.45, 7) is 0.299. The van der Waals surface area contributed by atoms with Gasteiger partial charge in [0.15, 0.2) is 0 Å². The molecule has 0 atom stereocenters. The third-order valence-electron chi connectivity index (χ3n) is 3.94. The van der Waals surface area contributed by atoms with Crippen LogP contribution >= 0.6 is 0 Å². The summed E-state index contributed by atoms with van der Waals surface area (Å²) in [5.74, 6) is 0.885. The number of amides is 2. The minimum Gasteiger partial charge on any atom is -0.497 e. The van der Waals surface area contributed by atoms with Crippen LogP contribution in [0.3, 0.4) is 0 Å². The van der Waals surface area contributed by atoms with Gasteiger partial charge in [-0.1, -0.05) is 18.2 Å². The van der Waals surface area contributed by atoms with Crippen molar-refractivity contribution in [2.24, 2.45) is 0 Å². The van der Waals surface area contributed by atoms with Crippen LogP contribution in [0.2, 0.25) is 0 Å². The Labute approximate surface area is 162 Å². The van der Waals surface area contributed by atoms with Gasteiger partial charge in [-0.25, -0.2) is 0 Å². The molecule has 0 saturated carbocycles. The van der Waals surface area contributed by atoms with Crippen LogP contribution in [0, 0.1) is 0 Å². The molecule has 0 bridgehead atoms. The lowest BCUT2D eigenvalue weighted by Gasteiger charge is -2.06. The van der Waals surface area contributed by atoms with E-state index in [0.29, 0.717) is 23.6 Å². The maximum absolute atomic E-state index is 12.3. The zero-order valence-corrected chi connectivity index (χ0v) is 15.3. The smallest absolute Gasteiger partial charge is 0.251 e. The van der Waals surface area contributed by atoms with Crippen LogP contribution in [0.25, 0.3) is 6.08 Å². The molecular weight excluding hydrogens is 356 g/mol. The van der Waals surface area contributed by atoms with Gasteiger partial charge in [-0.15, -0.1) is 0 Å². The standard InChI is InChI=1S/C22H20N2O4/c1-27-19-10-7-16(8-11-19)9-12-21(25)24-18-5-2-4-17(14-18)22(26)23-15-20-6-3-13-28-20/h2-14H,15H2,1H3,(H,23,26)(H,24,25)/b12-9+. The van der Waals surface area contributed by atoms with Crippen molar-refractivity contribution in [3.8, 4) is 5.75 Å². The first kappa shape index (κ1) is 19.0. The van der Waals surface area contributed by atoms with Crippen LogP contribution < -0.4 is 15.4 Å². The molecule has 3 rings (SSSR count). The molecule has 142 valence electrons. The van der Waals surface area contributed by atoms with E-state index in [-0.39, 0.29) is 11.8 Å². The summed E-state index contributed by atoms with van der Waals surface area (Å²) in [6, 6.07) is 17.6. The lowest BCUT2D eigenvalue weighted by atomic mass is 10.1. The topological polar surface area (TPSA) is 80.6 Å². The molecule has 0 aliphatic carbocycles. The summed E-state index contributed by atoms with van der Waals surface area (Å²) in [4.78, 5) is 24.4. The molecule has 6 heteroatoms. The first-order valence-corrected chi connectivity index (χ1v) is 8.68. The maximum Gasteiger partial charge on any atom is 0.251 e. The molecule has 2 N–H and O–H groups in total. The highest BCUT2D eigenvalue weighted by Gasteiger charge is 2.08. The number of furan rings is 1. The first-order chi connectivity index (χ1) is 13.6. The Morgan fingerprint density at radius 2 is 1.89 bits per heavy atom. The lowest BCUT2D eigenvalue weighted by Crippen LogP contribution is -2.22. The summed E-state index contributed by atoms with van der Waals surface area (Å²) in [6.07, 6.45) is 4.69. The molecule has 0 radical (unpaired) electrons. The number of anilines is 1. The van der Waals surface area contributed by atoms with E-state index in [2.05, 4.69) is 10.6 Å². The Morgan fingerprint density at radius 3 is 2.61 bits per heavy atom. The Morgan fingerprint density at radius 1 is 1.07 bits per heavy atom. The lowest BCUT2D eigenvalue weighted by molar-refractivity contribution is -0.111. The second-order valence-corrected chi connectivity index (χ2v) is 5.94. The normalized spacial score (nSPS) is 10.6. The Hall–Kier alpha value is -3.80. The summed E-state index contributed by atoms with van der Waals surface area (Å²) < 4.78 is 10.3. The van der Waals surface area contributed by atoms with Crippen molar-refractivity contribution < 1.29 is 18.7 Å². The number of nitrogens with one attached hydrogen (secondary N) is 2. The molecule has 1 aromatic heterocycles. The molecular formula is C22H20N2O4. The second-order valence-electron chi connectivity index (χ2n) is 5.94. The monoisotopic (exact) mass is 376 g/mol. The number of benzene rings is 2. The summed E-state index contributed by atoms with van der Waals surface area (Å²) >= 11 is 0. The van der Waals surface area contributed by atoms with Crippen molar-refractivity contribution >= 4 is 23.6 Å². The van der Waals surface area contributed by atoms with E-state index in [1.54, 1.807) is 55.8 Å². The molecule has 0 aliphatic heterocycles. The number of methoxy groups -OCH3 is 1. The third kappa shape index (κ3) is 5.35. The third-order valence-corrected chi connectivity index (χ3v) is 3.94. The molecule has 0 unspecified atom stereocenters. The van der Waals surface area contributed by atoms with Crippen LogP contribution in [0.5, 0.6) is 5.75 Å². The average molecular weight is 376 g/mol. The van der Waals surface area contributed by atoms with Gasteiger partial charge in [0.1, 0.15) is 11.5 Å². The van der Waals surface area contributed by atoms with Gasteiger partial charge >= 0.3 is 0 Å². The Kier molecular flexibility index (Phi) is 6.25. The number of hydrogen-bond acceptors (Lipinski definition) is 4. The van der Waals surface area contributed by atoms with Crippen LogP contribution in [-0.4, -0.2) is 18.9 Å². The molecule has 2 aromatic carbocycles. The van der Waals surface area contributed by atoms with Gasteiger partial charge in [0.05, 0.1) is 19.9 Å². The van der Waals surface area contributed by atoms with Crippen molar-refractivity contribution in [3.63, 3.8) is 0 Å². The number of rotatable bonds is 7. The predicted molar refractivity (Wildman–Crippen MR) is 107 cm³/mol. The van der Waals surface area contributed by atoms with E-state index in [0.717, 1.165) is 11.3 Å². The molecule has 3 aromatic rings. The molecule has 0 saturated heterocycles. The zero-order valence-electron chi connectivity index (χ0n) is 15.3. The quantitative estimate of drug-likeness (QED) is 0.614. The first-order valence-electron chi connectivity index (χ1n) is 8.68. The zero-order chi connectivity index (χ0) is 19.8. The van der Waals surface area contributed by atoms with Gasteiger partial charge in [-0.05, 0) is 54.1 Å². The fourth-order valence-corrected chi connectivity index (χ4v) is 2.49. The van der Waals surface area contributed by atoms with Gasteiger partial charge < -0.3 is 19.8 Å². The summed E-state index contributed by atoms with van der Waals surface area (Å²) in [5, 5.41) is 5.52. The van der Waals surface area contributed by atoms with E-state index < -0.39 is 0 Å². The van der Waals surface area contributed by atoms with Gasteiger partial charge in [0.25, 0.3) is 5.91 Å². The molecule has 6 nitrogen and oxygen atoms in total. The van der Waals surface area contributed by atoms with Crippen LogP contribution in [0.1, 0.15) is 21.7 Å². The van der Waals surface area contributed by atoms with E-state index in [1.807, 2.05) is 24.3 Å². The van der Waals surface area contributed by atoms with Crippen molar-refractivity contribution in [3.05, 3.63) is 89.9 Å². The van der Waals surface area contributed by atoms with Crippen molar-refractivity contribution in [2.45, 2.75) is 6.54 Å². The Bertz CT molecular complexity index is 960. The molecule has 0 spiro atoms. The van der Waals surface area contributed by atoms with Crippen molar-refractivity contribution in [1.82, 2.24) is 5.32 Å². The molecule has 28 heavy (non-hydrogen) atoms. The van der Waals surface area contributed by atoms with Crippen LogP contribution in [-0.2, 0) is 11.3 Å². The van der Waals surface area contributed by atoms with Gasteiger partial charge in [-0.3, -0.25) is 9.59 Å². The Balaban J connectivity index is 1.57. The minimum atomic E-state index is -0.288. The molecule has 0 aliphatic rings. The highest BCUT2D eigenvalue weighted by molar-refractivity contribution is 6.03. The minimum absolute atomic E-state index is 0.249. The maximum atomic E-state index is 12.3. The van der Waals surface area contributed by atoms with Crippen LogP contribution in [0.15, 0.2) is 77.4 Å². The largest absolute Gasteiger partial charge is 0.497 e. The highest BCUT2D eigenvalue weighted by Crippen LogP contribution is 2.14. The van der Waals surface area contributed by atoms with E-state index in [4.69, 9.17) is 9.15 Å². The predicted octanol–water partition coefficient (Wildman–Crippen LogP) is 3.87. The number of carbonyl (C=O) groups is 2.